The molecular formula is C9H12N2O3. The number of benzene rings is 1. The predicted octanol–water partition coefficient (Wildman–Crippen LogP) is 0.0124. The number of hydrogen-bond donors (Lipinski definition) is 4. The first-order valence-corrected chi connectivity index (χ1v) is 4.14. The van der Waals surface area contributed by atoms with Crippen molar-refractivity contribution in [1.82, 2.24) is 5.48 Å². The summed E-state index contributed by atoms with van der Waals surface area (Å²) in [6.45, 7) is 0.378. The van der Waals surface area contributed by atoms with Crippen molar-refractivity contribution in [1.29, 1.82) is 0 Å². The van der Waals surface area contributed by atoms with Gasteiger partial charge in [0.15, 0.2) is 0 Å². The van der Waals surface area contributed by atoms with Gasteiger partial charge in [0.2, 0.25) is 0 Å². The molecule has 0 aliphatic rings. The van der Waals surface area contributed by atoms with E-state index in [1.165, 1.54) is 12.1 Å². The van der Waals surface area contributed by atoms with Crippen LogP contribution in [0.25, 0.3) is 0 Å². The number of phenols is 1. The van der Waals surface area contributed by atoms with Crippen LogP contribution in [-0.2, 0) is 6.42 Å². The first-order chi connectivity index (χ1) is 6.65. The second-order valence-electron chi connectivity index (χ2n) is 2.87. The lowest BCUT2D eigenvalue weighted by Gasteiger charge is -2.04. The van der Waals surface area contributed by atoms with Crippen LogP contribution < -0.4 is 11.2 Å². The third-order valence-electron chi connectivity index (χ3n) is 1.85. The summed E-state index contributed by atoms with van der Waals surface area (Å²) in [6.07, 6.45) is 0.553. The topological polar surface area (TPSA) is 95.6 Å². The monoisotopic (exact) mass is 196 g/mol. The van der Waals surface area contributed by atoms with Gasteiger partial charge in [-0.25, -0.2) is 5.48 Å². The molecule has 1 amide bonds. The number of hydrogen-bond acceptors (Lipinski definition) is 4. The van der Waals surface area contributed by atoms with Crippen molar-refractivity contribution in [3.8, 4) is 5.75 Å². The van der Waals surface area contributed by atoms with E-state index in [1.807, 2.05) is 5.48 Å². The molecule has 0 saturated carbocycles. The van der Waals surface area contributed by atoms with Crippen molar-refractivity contribution in [2.75, 3.05) is 6.54 Å². The fourth-order valence-electron chi connectivity index (χ4n) is 1.14. The predicted molar refractivity (Wildman–Crippen MR) is 50.1 cm³/mol. The molecule has 1 aromatic carbocycles. The number of aromatic hydroxyl groups is 1. The van der Waals surface area contributed by atoms with Crippen LogP contribution in [0.2, 0.25) is 0 Å². The molecule has 5 heteroatoms. The van der Waals surface area contributed by atoms with Crippen LogP contribution in [0.1, 0.15) is 15.9 Å². The molecule has 0 spiro atoms. The molecule has 5 nitrogen and oxygen atoms in total. The van der Waals surface area contributed by atoms with Crippen LogP contribution in [0.5, 0.6) is 5.75 Å². The van der Waals surface area contributed by atoms with Gasteiger partial charge in [0.25, 0.3) is 5.91 Å². The van der Waals surface area contributed by atoms with E-state index in [-0.39, 0.29) is 11.3 Å². The Hall–Kier alpha value is -1.59. The van der Waals surface area contributed by atoms with E-state index in [4.69, 9.17) is 10.9 Å². The van der Waals surface area contributed by atoms with Gasteiger partial charge in [-0.2, -0.15) is 0 Å². The van der Waals surface area contributed by atoms with Crippen molar-refractivity contribution >= 4 is 5.91 Å². The highest BCUT2D eigenvalue weighted by molar-refractivity contribution is 5.95. The standard InChI is InChI=1S/C9H12N2O3/c10-9(13)7-5-6(3-4-11-14)1-2-8(7)12/h1-2,5,11-12,14H,3-4H2,(H2,10,13). The minimum Gasteiger partial charge on any atom is -0.507 e. The van der Waals surface area contributed by atoms with Gasteiger partial charge in [0.1, 0.15) is 5.75 Å². The maximum Gasteiger partial charge on any atom is 0.252 e. The van der Waals surface area contributed by atoms with Gasteiger partial charge in [-0.05, 0) is 24.1 Å². The van der Waals surface area contributed by atoms with Gasteiger partial charge >= 0.3 is 0 Å². The summed E-state index contributed by atoms with van der Waals surface area (Å²) in [5.74, 6) is -0.792. The number of primary amides is 1. The van der Waals surface area contributed by atoms with Gasteiger partial charge in [0.05, 0.1) is 5.56 Å². The normalized spacial score (nSPS) is 10.1. The average Bonchev–Trinajstić information content (AvgIpc) is 2.16. The van der Waals surface area contributed by atoms with Crippen LogP contribution in [0.15, 0.2) is 18.2 Å². The molecule has 1 rings (SSSR count). The van der Waals surface area contributed by atoms with E-state index in [2.05, 4.69) is 0 Å². The van der Waals surface area contributed by atoms with Crippen LogP contribution in [0.4, 0.5) is 0 Å². The van der Waals surface area contributed by atoms with E-state index in [9.17, 15) is 9.90 Å². The Morgan fingerprint density at radius 1 is 1.50 bits per heavy atom. The first-order valence-electron chi connectivity index (χ1n) is 4.14. The maximum atomic E-state index is 10.8. The summed E-state index contributed by atoms with van der Waals surface area (Å²) >= 11 is 0. The van der Waals surface area contributed by atoms with Crippen LogP contribution in [0, 0.1) is 0 Å². The summed E-state index contributed by atoms with van der Waals surface area (Å²) in [7, 11) is 0. The zero-order valence-corrected chi connectivity index (χ0v) is 7.53. The molecule has 1 aromatic rings. The highest BCUT2D eigenvalue weighted by Gasteiger charge is 2.07. The van der Waals surface area contributed by atoms with Gasteiger partial charge in [-0.1, -0.05) is 6.07 Å². The molecule has 0 aliphatic carbocycles. The summed E-state index contributed by atoms with van der Waals surface area (Å²) in [4.78, 5) is 10.8. The molecule has 0 saturated heterocycles. The maximum absolute atomic E-state index is 10.8. The lowest BCUT2D eigenvalue weighted by Crippen LogP contribution is -2.14. The number of amides is 1. The minimum absolute atomic E-state index is 0.0976. The van der Waals surface area contributed by atoms with E-state index < -0.39 is 5.91 Å². The van der Waals surface area contributed by atoms with Crippen LogP contribution in [-0.4, -0.2) is 22.8 Å². The number of hydroxylamine groups is 1. The van der Waals surface area contributed by atoms with Crippen molar-refractivity contribution in [2.45, 2.75) is 6.42 Å². The Labute approximate surface area is 81.1 Å². The quantitative estimate of drug-likeness (QED) is 0.510. The molecule has 0 radical (unpaired) electrons. The van der Waals surface area contributed by atoms with E-state index >= 15 is 0 Å². The highest BCUT2D eigenvalue weighted by Crippen LogP contribution is 2.17. The Balaban J connectivity index is 2.89. The Morgan fingerprint density at radius 2 is 2.21 bits per heavy atom. The SMILES string of the molecule is NC(=O)c1cc(CCNO)ccc1O. The summed E-state index contributed by atoms with van der Waals surface area (Å²) in [5.41, 5.74) is 7.96. The fraction of sp³-hybridized carbons (Fsp3) is 0.222. The van der Waals surface area contributed by atoms with E-state index in [0.29, 0.717) is 13.0 Å². The fourth-order valence-corrected chi connectivity index (χ4v) is 1.14. The molecule has 14 heavy (non-hydrogen) atoms. The Morgan fingerprint density at radius 3 is 2.79 bits per heavy atom. The van der Waals surface area contributed by atoms with Crippen molar-refractivity contribution in [3.05, 3.63) is 29.3 Å². The second-order valence-corrected chi connectivity index (χ2v) is 2.87. The number of nitrogens with two attached hydrogens (primary N) is 1. The van der Waals surface area contributed by atoms with Crippen LogP contribution in [0.3, 0.4) is 0 Å². The summed E-state index contributed by atoms with van der Waals surface area (Å²) < 4.78 is 0. The Kier molecular flexibility index (Phi) is 3.44. The molecule has 0 unspecified atom stereocenters. The molecule has 0 aliphatic heterocycles. The number of nitrogens with one attached hydrogen (secondary N) is 1. The van der Waals surface area contributed by atoms with Gasteiger partial charge in [-0.3, -0.25) is 4.79 Å². The lowest BCUT2D eigenvalue weighted by atomic mass is 10.1. The molecule has 5 N–H and O–H groups in total. The number of carbonyl (C=O) groups is 1. The third-order valence-corrected chi connectivity index (χ3v) is 1.85. The average molecular weight is 196 g/mol. The molecule has 0 bridgehead atoms. The molecule has 0 aromatic heterocycles. The third kappa shape index (κ3) is 2.45. The Bertz CT molecular complexity index is 339. The molecule has 0 fully saturated rings. The zero-order valence-electron chi connectivity index (χ0n) is 7.53. The largest absolute Gasteiger partial charge is 0.507 e. The number of rotatable bonds is 4. The van der Waals surface area contributed by atoms with E-state index in [1.54, 1.807) is 6.07 Å². The van der Waals surface area contributed by atoms with Gasteiger partial charge in [-0.15, -0.1) is 0 Å². The van der Waals surface area contributed by atoms with Crippen molar-refractivity contribution in [2.24, 2.45) is 5.73 Å². The zero-order chi connectivity index (χ0) is 10.6. The smallest absolute Gasteiger partial charge is 0.252 e. The number of carbonyl (C=O) groups excluding carboxylic acids is 1. The summed E-state index contributed by atoms with van der Waals surface area (Å²) in [5, 5.41) is 17.6. The molecule has 0 atom stereocenters. The van der Waals surface area contributed by atoms with Crippen molar-refractivity contribution in [3.63, 3.8) is 0 Å². The van der Waals surface area contributed by atoms with Gasteiger partial charge < -0.3 is 16.0 Å². The highest BCUT2D eigenvalue weighted by atomic mass is 16.5. The first kappa shape index (κ1) is 10.5. The van der Waals surface area contributed by atoms with Gasteiger partial charge in [0, 0.05) is 6.54 Å². The molecule has 0 heterocycles. The van der Waals surface area contributed by atoms with Crippen molar-refractivity contribution < 1.29 is 15.1 Å². The molecular weight excluding hydrogens is 184 g/mol. The minimum atomic E-state index is -0.665. The second kappa shape index (κ2) is 4.59. The summed E-state index contributed by atoms with van der Waals surface area (Å²) in [6, 6.07) is 4.58. The van der Waals surface area contributed by atoms with E-state index in [0.717, 1.165) is 5.56 Å². The van der Waals surface area contributed by atoms with Crippen LogP contribution >= 0.6 is 0 Å². The lowest BCUT2D eigenvalue weighted by molar-refractivity contribution is 0.0997. The molecule has 76 valence electrons.